The summed E-state index contributed by atoms with van der Waals surface area (Å²) in [5, 5.41) is 10.5. The van der Waals surface area contributed by atoms with Crippen molar-refractivity contribution in [1.29, 1.82) is 0 Å². The SMILES string of the molecule is COc1ccc([C@@]2(O)CSC[C@@H]2C)cc1. The van der Waals surface area contributed by atoms with Gasteiger partial charge in [-0.2, -0.15) is 11.8 Å². The molecular weight excluding hydrogens is 208 g/mol. The second-order valence-corrected chi connectivity index (χ2v) is 5.10. The molecule has 1 aromatic carbocycles. The number of aliphatic hydroxyl groups is 1. The molecule has 1 N–H and O–H groups in total. The minimum Gasteiger partial charge on any atom is -0.497 e. The lowest BCUT2D eigenvalue weighted by Crippen LogP contribution is -2.32. The van der Waals surface area contributed by atoms with Crippen LogP contribution >= 0.6 is 11.8 Å². The van der Waals surface area contributed by atoms with Crippen LogP contribution in [0.4, 0.5) is 0 Å². The fourth-order valence-corrected chi connectivity index (χ4v) is 3.43. The summed E-state index contributed by atoms with van der Waals surface area (Å²) in [6, 6.07) is 7.73. The minimum atomic E-state index is -0.656. The first-order chi connectivity index (χ1) is 7.16. The maximum atomic E-state index is 10.5. The van der Waals surface area contributed by atoms with Gasteiger partial charge in [0.2, 0.25) is 0 Å². The first-order valence-corrected chi connectivity index (χ1v) is 6.27. The number of hydrogen-bond acceptors (Lipinski definition) is 3. The number of benzene rings is 1. The van der Waals surface area contributed by atoms with E-state index in [1.165, 1.54) is 0 Å². The van der Waals surface area contributed by atoms with E-state index in [2.05, 4.69) is 6.92 Å². The molecule has 1 heterocycles. The molecule has 0 radical (unpaired) electrons. The Kier molecular flexibility index (Phi) is 2.94. The monoisotopic (exact) mass is 224 g/mol. The molecule has 2 nitrogen and oxygen atoms in total. The zero-order chi connectivity index (χ0) is 10.9. The third-order valence-electron chi connectivity index (χ3n) is 3.10. The fourth-order valence-electron chi connectivity index (χ4n) is 1.92. The van der Waals surface area contributed by atoms with Gasteiger partial charge in [-0.15, -0.1) is 0 Å². The van der Waals surface area contributed by atoms with E-state index in [4.69, 9.17) is 4.74 Å². The van der Waals surface area contributed by atoms with E-state index in [9.17, 15) is 5.11 Å². The van der Waals surface area contributed by atoms with Crippen LogP contribution < -0.4 is 4.74 Å². The van der Waals surface area contributed by atoms with Crippen molar-refractivity contribution >= 4 is 11.8 Å². The summed E-state index contributed by atoms with van der Waals surface area (Å²) in [7, 11) is 1.65. The van der Waals surface area contributed by atoms with E-state index >= 15 is 0 Å². The number of thioether (sulfide) groups is 1. The van der Waals surface area contributed by atoms with Gasteiger partial charge in [0, 0.05) is 5.75 Å². The van der Waals surface area contributed by atoms with Gasteiger partial charge in [0.05, 0.1) is 7.11 Å². The van der Waals surface area contributed by atoms with Gasteiger partial charge >= 0.3 is 0 Å². The molecule has 0 bridgehead atoms. The highest BCUT2D eigenvalue weighted by Crippen LogP contribution is 2.41. The van der Waals surface area contributed by atoms with Crippen molar-refractivity contribution in [1.82, 2.24) is 0 Å². The first-order valence-electron chi connectivity index (χ1n) is 5.11. The van der Waals surface area contributed by atoms with Crippen molar-refractivity contribution < 1.29 is 9.84 Å². The van der Waals surface area contributed by atoms with E-state index in [1.54, 1.807) is 7.11 Å². The average Bonchev–Trinajstić information content (AvgIpc) is 2.61. The number of ether oxygens (including phenoxy) is 1. The molecule has 0 saturated carbocycles. The maximum Gasteiger partial charge on any atom is 0.118 e. The predicted octanol–water partition coefficient (Wildman–Crippen LogP) is 2.27. The lowest BCUT2D eigenvalue weighted by Gasteiger charge is -2.27. The summed E-state index contributed by atoms with van der Waals surface area (Å²) >= 11 is 1.81. The second kappa shape index (κ2) is 4.06. The highest BCUT2D eigenvalue weighted by Gasteiger charge is 2.40. The van der Waals surface area contributed by atoms with Crippen LogP contribution in [0.5, 0.6) is 5.75 Å². The molecule has 15 heavy (non-hydrogen) atoms. The number of methoxy groups -OCH3 is 1. The van der Waals surface area contributed by atoms with Gasteiger partial charge in [0.15, 0.2) is 0 Å². The van der Waals surface area contributed by atoms with Crippen molar-refractivity contribution in [3.63, 3.8) is 0 Å². The van der Waals surface area contributed by atoms with Gasteiger partial charge in [-0.1, -0.05) is 19.1 Å². The molecular formula is C12H16O2S. The molecule has 0 aliphatic carbocycles. The van der Waals surface area contributed by atoms with Gasteiger partial charge in [-0.25, -0.2) is 0 Å². The summed E-state index contributed by atoms with van der Waals surface area (Å²) < 4.78 is 5.10. The summed E-state index contributed by atoms with van der Waals surface area (Å²) in [5.74, 6) is 2.97. The molecule has 1 aromatic rings. The Morgan fingerprint density at radius 2 is 2.07 bits per heavy atom. The highest BCUT2D eigenvalue weighted by molar-refractivity contribution is 7.99. The van der Waals surface area contributed by atoms with Gasteiger partial charge in [-0.3, -0.25) is 0 Å². The Balaban J connectivity index is 2.28. The largest absolute Gasteiger partial charge is 0.497 e. The zero-order valence-corrected chi connectivity index (χ0v) is 9.88. The quantitative estimate of drug-likeness (QED) is 0.835. The third kappa shape index (κ3) is 1.86. The average molecular weight is 224 g/mol. The molecule has 1 aliphatic heterocycles. The lowest BCUT2D eigenvalue weighted by molar-refractivity contribution is 0.0234. The standard InChI is InChI=1S/C12H16O2S/c1-9-7-15-8-12(9,13)10-3-5-11(14-2)6-4-10/h3-6,9,13H,7-8H2,1-2H3/t9-,12+/m0/s1. The Labute approximate surface area is 94.6 Å². The van der Waals surface area contributed by atoms with Crippen LogP contribution in [0.15, 0.2) is 24.3 Å². The topological polar surface area (TPSA) is 29.5 Å². The molecule has 82 valence electrons. The molecule has 1 fully saturated rings. The summed E-state index contributed by atoms with van der Waals surface area (Å²) in [4.78, 5) is 0. The van der Waals surface area contributed by atoms with E-state index in [-0.39, 0.29) is 0 Å². The minimum absolute atomic E-state index is 0.316. The number of hydrogen-bond donors (Lipinski definition) is 1. The van der Waals surface area contributed by atoms with Gasteiger partial charge < -0.3 is 9.84 Å². The third-order valence-corrected chi connectivity index (χ3v) is 4.48. The van der Waals surface area contributed by atoms with Crippen molar-refractivity contribution in [3.8, 4) is 5.75 Å². The van der Waals surface area contributed by atoms with Crippen LogP contribution in [0.1, 0.15) is 12.5 Å². The molecule has 2 rings (SSSR count). The van der Waals surface area contributed by atoms with Gasteiger partial charge in [0.1, 0.15) is 11.4 Å². The van der Waals surface area contributed by atoms with Crippen LogP contribution in [0, 0.1) is 5.92 Å². The fraction of sp³-hybridized carbons (Fsp3) is 0.500. The summed E-state index contributed by atoms with van der Waals surface area (Å²) in [6.07, 6.45) is 0. The Morgan fingerprint density at radius 1 is 1.40 bits per heavy atom. The van der Waals surface area contributed by atoms with Crippen LogP contribution in [0.25, 0.3) is 0 Å². The van der Waals surface area contributed by atoms with Gasteiger partial charge in [0.25, 0.3) is 0 Å². The van der Waals surface area contributed by atoms with E-state index in [0.717, 1.165) is 22.8 Å². The van der Waals surface area contributed by atoms with Gasteiger partial charge in [-0.05, 0) is 29.4 Å². The second-order valence-electron chi connectivity index (χ2n) is 4.07. The molecule has 0 spiro atoms. The molecule has 1 saturated heterocycles. The summed E-state index contributed by atoms with van der Waals surface area (Å²) in [5.41, 5.74) is 0.345. The Morgan fingerprint density at radius 3 is 2.53 bits per heavy atom. The van der Waals surface area contributed by atoms with E-state index < -0.39 is 5.60 Å². The molecule has 0 unspecified atom stereocenters. The highest BCUT2D eigenvalue weighted by atomic mass is 32.2. The van der Waals surface area contributed by atoms with Crippen molar-refractivity contribution in [2.45, 2.75) is 12.5 Å². The van der Waals surface area contributed by atoms with Crippen LogP contribution in [0.2, 0.25) is 0 Å². The zero-order valence-electron chi connectivity index (χ0n) is 9.06. The molecule has 2 atom stereocenters. The van der Waals surface area contributed by atoms with Crippen molar-refractivity contribution in [2.24, 2.45) is 5.92 Å². The van der Waals surface area contributed by atoms with Crippen molar-refractivity contribution in [2.75, 3.05) is 18.6 Å². The smallest absolute Gasteiger partial charge is 0.118 e. The van der Waals surface area contributed by atoms with Crippen LogP contribution in [0.3, 0.4) is 0 Å². The summed E-state index contributed by atoms with van der Waals surface area (Å²) in [6.45, 7) is 2.10. The molecule has 0 aromatic heterocycles. The predicted molar refractivity (Wildman–Crippen MR) is 63.4 cm³/mol. The molecule has 3 heteroatoms. The molecule has 1 aliphatic rings. The van der Waals surface area contributed by atoms with Crippen LogP contribution in [-0.4, -0.2) is 23.7 Å². The van der Waals surface area contributed by atoms with E-state index in [0.29, 0.717) is 5.92 Å². The normalized spacial score (nSPS) is 30.5. The molecule has 0 amide bonds. The lowest BCUT2D eigenvalue weighted by atomic mass is 9.85. The van der Waals surface area contributed by atoms with E-state index in [1.807, 2.05) is 36.0 Å². The van der Waals surface area contributed by atoms with Crippen LogP contribution in [-0.2, 0) is 5.60 Å². The maximum absolute atomic E-state index is 10.5. The van der Waals surface area contributed by atoms with Crippen molar-refractivity contribution in [3.05, 3.63) is 29.8 Å². The number of rotatable bonds is 2. The Bertz CT molecular complexity index is 336. The Hall–Kier alpha value is -0.670. The first kappa shape index (κ1) is 10.8.